The Morgan fingerprint density at radius 3 is 1.74 bits per heavy atom. The number of allylic oxidation sites excluding steroid dienone is 1. The lowest BCUT2D eigenvalue weighted by Crippen LogP contribution is -2.05. The van der Waals surface area contributed by atoms with E-state index in [1.807, 2.05) is 0 Å². The van der Waals surface area contributed by atoms with Gasteiger partial charge in [0.2, 0.25) is 5.78 Å². The van der Waals surface area contributed by atoms with Crippen LogP contribution in [0.1, 0.15) is 15.9 Å². The van der Waals surface area contributed by atoms with Gasteiger partial charge in [0.1, 0.15) is 28.9 Å². The number of nitrogens with zero attached hydrogens (tertiary/aromatic N) is 1. The number of aliphatic hydroxyl groups is 1. The van der Waals surface area contributed by atoms with E-state index in [2.05, 4.69) is 0 Å². The van der Waals surface area contributed by atoms with Crippen molar-refractivity contribution in [1.82, 2.24) is 0 Å². The van der Waals surface area contributed by atoms with Crippen LogP contribution in [0.5, 0.6) is 11.5 Å². The van der Waals surface area contributed by atoms with E-state index in [4.69, 9.17) is 9.47 Å². The molecule has 0 aliphatic carbocycles. The molecular weight excluding hydrogens is 294 g/mol. The number of aliphatic hydroxyl groups excluding tert-OH is 1. The van der Waals surface area contributed by atoms with Gasteiger partial charge in [-0.05, 0) is 48.5 Å². The summed E-state index contributed by atoms with van der Waals surface area (Å²) >= 11 is 0. The Morgan fingerprint density at radius 2 is 1.35 bits per heavy atom. The standard InChI is InChI=1S/C18H15NO4/c1-22-14-7-3-12(4-8-14)17(20)16(11-19)18(21)13-5-9-15(23-2)10-6-13/h3-10,20H,1-2H3/b17-16-. The highest BCUT2D eigenvalue weighted by molar-refractivity contribution is 6.15. The molecule has 2 rings (SSSR count). The third-order valence-corrected chi connectivity index (χ3v) is 3.29. The van der Waals surface area contributed by atoms with Gasteiger partial charge in [0.15, 0.2) is 0 Å². The summed E-state index contributed by atoms with van der Waals surface area (Å²) in [5.41, 5.74) is 0.340. The fourth-order valence-electron chi connectivity index (χ4n) is 1.99. The third kappa shape index (κ3) is 3.50. The normalized spacial score (nSPS) is 11.2. The lowest BCUT2D eigenvalue weighted by atomic mass is 10.0. The number of carbonyl (C=O) groups is 1. The summed E-state index contributed by atoms with van der Waals surface area (Å²) < 4.78 is 10.1. The Balaban J connectivity index is 2.38. The molecule has 5 nitrogen and oxygen atoms in total. The SMILES string of the molecule is COc1ccc(C(=O)/C(C#N)=C(\O)c2ccc(OC)cc2)cc1. The number of carbonyl (C=O) groups excluding carboxylic acids is 1. The molecule has 23 heavy (non-hydrogen) atoms. The average molecular weight is 309 g/mol. The van der Waals surface area contributed by atoms with Gasteiger partial charge in [-0.3, -0.25) is 4.79 Å². The van der Waals surface area contributed by atoms with E-state index in [-0.39, 0.29) is 11.3 Å². The van der Waals surface area contributed by atoms with Crippen LogP contribution in [0.3, 0.4) is 0 Å². The van der Waals surface area contributed by atoms with Crippen LogP contribution in [0.15, 0.2) is 54.1 Å². The van der Waals surface area contributed by atoms with Crippen molar-refractivity contribution in [1.29, 1.82) is 5.26 Å². The minimum absolute atomic E-state index is 0.294. The molecule has 0 aliphatic rings. The zero-order chi connectivity index (χ0) is 16.8. The zero-order valence-corrected chi connectivity index (χ0v) is 12.7. The fraction of sp³-hybridized carbons (Fsp3) is 0.111. The van der Waals surface area contributed by atoms with Gasteiger partial charge in [-0.25, -0.2) is 0 Å². The van der Waals surface area contributed by atoms with Gasteiger partial charge in [0, 0.05) is 11.1 Å². The number of hydrogen-bond acceptors (Lipinski definition) is 5. The minimum atomic E-state index is -0.552. The maximum absolute atomic E-state index is 12.4. The Kier molecular flexibility index (Phi) is 5.00. The monoisotopic (exact) mass is 309 g/mol. The highest BCUT2D eigenvalue weighted by Gasteiger charge is 2.18. The Hall–Kier alpha value is -3.26. The molecule has 0 amide bonds. The summed E-state index contributed by atoms with van der Waals surface area (Å²) in [5, 5.41) is 19.5. The first-order valence-corrected chi connectivity index (χ1v) is 6.77. The zero-order valence-electron chi connectivity index (χ0n) is 12.7. The van der Waals surface area contributed by atoms with E-state index in [9.17, 15) is 15.2 Å². The first-order chi connectivity index (χ1) is 11.1. The van der Waals surface area contributed by atoms with Crippen molar-refractivity contribution in [2.24, 2.45) is 0 Å². The quantitative estimate of drug-likeness (QED) is 0.396. The van der Waals surface area contributed by atoms with Gasteiger partial charge in [-0.1, -0.05) is 0 Å². The van der Waals surface area contributed by atoms with Crippen molar-refractivity contribution in [2.75, 3.05) is 14.2 Å². The van der Waals surface area contributed by atoms with Gasteiger partial charge < -0.3 is 14.6 Å². The lowest BCUT2D eigenvalue weighted by molar-refractivity contribution is 0.103. The molecule has 0 saturated heterocycles. The van der Waals surface area contributed by atoms with Crippen molar-refractivity contribution >= 4 is 11.5 Å². The Morgan fingerprint density at radius 1 is 0.913 bits per heavy atom. The molecule has 0 saturated carbocycles. The van der Waals surface area contributed by atoms with E-state index < -0.39 is 5.78 Å². The molecule has 1 N–H and O–H groups in total. The molecule has 116 valence electrons. The van der Waals surface area contributed by atoms with Crippen LogP contribution in [0.2, 0.25) is 0 Å². The van der Waals surface area contributed by atoms with E-state index in [1.54, 1.807) is 54.6 Å². The first-order valence-electron chi connectivity index (χ1n) is 6.77. The predicted octanol–water partition coefficient (Wildman–Crippen LogP) is 3.38. The van der Waals surface area contributed by atoms with Crippen LogP contribution >= 0.6 is 0 Å². The number of benzene rings is 2. The second-order valence-electron chi connectivity index (χ2n) is 4.62. The van der Waals surface area contributed by atoms with E-state index >= 15 is 0 Å². The van der Waals surface area contributed by atoms with Crippen molar-refractivity contribution in [2.45, 2.75) is 0 Å². The summed E-state index contributed by atoms with van der Waals surface area (Å²) in [6.07, 6.45) is 0. The molecule has 5 heteroatoms. The smallest absolute Gasteiger partial charge is 0.207 e. The molecule has 0 aliphatic heterocycles. The van der Waals surface area contributed by atoms with Crippen molar-refractivity contribution < 1.29 is 19.4 Å². The van der Waals surface area contributed by atoms with Gasteiger partial charge in [-0.2, -0.15) is 5.26 Å². The highest BCUT2D eigenvalue weighted by Crippen LogP contribution is 2.22. The molecule has 0 unspecified atom stereocenters. The van der Waals surface area contributed by atoms with Crippen molar-refractivity contribution in [3.05, 3.63) is 65.2 Å². The minimum Gasteiger partial charge on any atom is -0.506 e. The first kappa shape index (κ1) is 16.1. The highest BCUT2D eigenvalue weighted by atomic mass is 16.5. The van der Waals surface area contributed by atoms with Crippen molar-refractivity contribution in [3.8, 4) is 17.6 Å². The number of rotatable bonds is 5. The van der Waals surface area contributed by atoms with Crippen LogP contribution in [0.4, 0.5) is 0 Å². The topological polar surface area (TPSA) is 79.6 Å². The summed E-state index contributed by atoms with van der Waals surface area (Å²) in [5.74, 6) is 0.296. The van der Waals surface area contributed by atoms with Crippen LogP contribution in [-0.4, -0.2) is 25.1 Å². The van der Waals surface area contributed by atoms with E-state index in [0.29, 0.717) is 22.6 Å². The summed E-state index contributed by atoms with van der Waals surface area (Å²) in [6, 6.07) is 14.5. The number of ketones is 1. The van der Waals surface area contributed by atoms with Crippen LogP contribution < -0.4 is 9.47 Å². The molecule has 0 spiro atoms. The molecular formula is C18H15NO4. The molecule has 2 aromatic carbocycles. The Bertz CT molecular complexity index is 768. The van der Waals surface area contributed by atoms with Gasteiger partial charge in [-0.15, -0.1) is 0 Å². The van der Waals surface area contributed by atoms with Crippen LogP contribution in [0.25, 0.3) is 5.76 Å². The van der Waals surface area contributed by atoms with E-state index in [0.717, 1.165) is 0 Å². The van der Waals surface area contributed by atoms with Gasteiger partial charge in [0.05, 0.1) is 14.2 Å². The second kappa shape index (κ2) is 7.14. The summed E-state index contributed by atoms with van der Waals surface area (Å²) in [4.78, 5) is 12.4. The number of ether oxygens (including phenoxy) is 2. The third-order valence-electron chi connectivity index (χ3n) is 3.29. The van der Waals surface area contributed by atoms with Crippen LogP contribution in [0, 0.1) is 11.3 Å². The Labute approximate surface area is 134 Å². The average Bonchev–Trinajstić information content (AvgIpc) is 2.62. The van der Waals surface area contributed by atoms with Gasteiger partial charge >= 0.3 is 0 Å². The number of nitriles is 1. The second-order valence-corrected chi connectivity index (χ2v) is 4.62. The van der Waals surface area contributed by atoms with Crippen LogP contribution in [-0.2, 0) is 0 Å². The predicted molar refractivity (Wildman–Crippen MR) is 85.5 cm³/mol. The molecule has 0 heterocycles. The molecule has 2 aromatic rings. The van der Waals surface area contributed by atoms with E-state index in [1.165, 1.54) is 14.2 Å². The maximum atomic E-state index is 12.4. The molecule has 0 aromatic heterocycles. The number of hydrogen-bond donors (Lipinski definition) is 1. The molecule has 0 atom stereocenters. The molecule has 0 fully saturated rings. The summed E-state index contributed by atoms with van der Waals surface area (Å²) in [6.45, 7) is 0. The number of Topliss-reactive ketones (excluding diaryl/α,β-unsaturated/α-hetero) is 1. The lowest BCUT2D eigenvalue weighted by Gasteiger charge is -2.06. The maximum Gasteiger partial charge on any atom is 0.207 e. The summed E-state index contributed by atoms with van der Waals surface area (Å²) in [7, 11) is 3.05. The van der Waals surface area contributed by atoms with Gasteiger partial charge in [0.25, 0.3) is 0 Å². The largest absolute Gasteiger partial charge is 0.506 e. The molecule has 0 bridgehead atoms. The molecule has 0 radical (unpaired) electrons. The fourth-order valence-corrected chi connectivity index (χ4v) is 1.99. The number of methoxy groups -OCH3 is 2. The van der Waals surface area contributed by atoms with Crippen molar-refractivity contribution in [3.63, 3.8) is 0 Å².